The maximum atomic E-state index is 12.3. The van der Waals surface area contributed by atoms with E-state index in [1.165, 1.54) is 17.3 Å². The number of nitrogens with zero attached hydrogens (tertiary/aromatic N) is 3. The number of amides is 1. The molecular weight excluding hydrogens is 440 g/mol. The smallest absolute Gasteiger partial charge is 0.250 e. The molecule has 0 fully saturated rings. The Labute approximate surface area is 196 Å². The molecule has 0 atom stereocenters. The first-order valence-electron chi connectivity index (χ1n) is 10.4. The van der Waals surface area contributed by atoms with Crippen molar-refractivity contribution in [2.24, 2.45) is 5.10 Å². The number of nitrogens with one attached hydrogen (secondary N) is 1. The van der Waals surface area contributed by atoms with E-state index in [-0.39, 0.29) is 11.7 Å². The molecule has 7 heteroatoms. The largest absolute Gasteiger partial charge is 0.314 e. The van der Waals surface area contributed by atoms with E-state index >= 15 is 0 Å². The minimum atomic E-state index is -0.187. The van der Waals surface area contributed by atoms with Gasteiger partial charge >= 0.3 is 0 Å². The molecule has 1 N–H and O–H groups in total. The zero-order valence-corrected chi connectivity index (χ0v) is 19.2. The third-order valence-corrected chi connectivity index (χ3v) is 6.37. The molecule has 3 aromatic carbocycles. The van der Waals surface area contributed by atoms with Crippen LogP contribution in [0.25, 0.3) is 11.0 Å². The lowest BCUT2D eigenvalue weighted by Crippen LogP contribution is -2.20. The normalized spacial score (nSPS) is 11.3. The third kappa shape index (κ3) is 5.39. The number of halogens is 1. The fourth-order valence-corrected chi connectivity index (χ4v) is 4.30. The van der Waals surface area contributed by atoms with E-state index in [0.717, 1.165) is 33.7 Å². The Kier molecular flexibility index (Phi) is 7.24. The van der Waals surface area contributed by atoms with Crippen molar-refractivity contribution < 1.29 is 4.79 Å². The minimum absolute atomic E-state index is 0.187. The second-order valence-corrected chi connectivity index (χ2v) is 8.59. The quantitative estimate of drug-likeness (QED) is 0.212. The van der Waals surface area contributed by atoms with E-state index in [9.17, 15) is 4.79 Å². The Bertz CT molecular complexity index is 1250. The van der Waals surface area contributed by atoms with Gasteiger partial charge in [-0.2, -0.15) is 5.10 Å². The predicted molar refractivity (Wildman–Crippen MR) is 133 cm³/mol. The van der Waals surface area contributed by atoms with Gasteiger partial charge in [-0.1, -0.05) is 84.9 Å². The predicted octanol–water partition coefficient (Wildman–Crippen LogP) is 5.54. The van der Waals surface area contributed by atoms with Crippen LogP contribution in [0.5, 0.6) is 0 Å². The lowest BCUT2D eigenvalue weighted by Gasteiger charge is -2.10. The first kappa shape index (κ1) is 22.1. The van der Waals surface area contributed by atoms with Crippen molar-refractivity contribution in [3.8, 4) is 0 Å². The van der Waals surface area contributed by atoms with Crippen molar-refractivity contribution in [2.75, 3.05) is 5.75 Å². The van der Waals surface area contributed by atoms with E-state index < -0.39 is 0 Å². The van der Waals surface area contributed by atoms with Crippen molar-refractivity contribution in [1.82, 2.24) is 15.0 Å². The van der Waals surface area contributed by atoms with E-state index in [1.54, 1.807) is 6.21 Å². The van der Waals surface area contributed by atoms with Gasteiger partial charge in [-0.05, 0) is 41.3 Å². The van der Waals surface area contributed by atoms with Crippen LogP contribution in [0.2, 0.25) is 5.02 Å². The summed E-state index contributed by atoms with van der Waals surface area (Å²) in [6, 6.07) is 23.8. The van der Waals surface area contributed by atoms with E-state index in [2.05, 4.69) is 34.2 Å². The van der Waals surface area contributed by atoms with Crippen LogP contribution in [0.4, 0.5) is 0 Å². The highest BCUT2D eigenvalue weighted by atomic mass is 35.5. The molecular formula is C25H23ClN4OS. The number of thioether (sulfide) groups is 1. The van der Waals surface area contributed by atoms with E-state index in [1.807, 2.05) is 60.7 Å². The average molecular weight is 463 g/mol. The number of para-hydroxylation sites is 2. The van der Waals surface area contributed by atoms with Crippen LogP contribution in [0, 0.1) is 0 Å². The van der Waals surface area contributed by atoms with Gasteiger partial charge in [-0.3, -0.25) is 4.79 Å². The molecule has 1 aromatic heterocycles. The van der Waals surface area contributed by atoms with Gasteiger partial charge in [0.05, 0.1) is 29.5 Å². The SMILES string of the molecule is CCc1ccc(C=NNC(=O)CSc2nc3ccccc3n2Cc2ccccc2Cl)cc1. The zero-order valence-electron chi connectivity index (χ0n) is 17.7. The maximum Gasteiger partial charge on any atom is 0.250 e. The van der Waals surface area contributed by atoms with Crippen LogP contribution < -0.4 is 5.43 Å². The number of hydrazone groups is 1. The second-order valence-electron chi connectivity index (χ2n) is 7.24. The Morgan fingerprint density at radius 3 is 2.62 bits per heavy atom. The molecule has 0 unspecified atom stereocenters. The van der Waals surface area contributed by atoms with Crippen LogP contribution in [-0.4, -0.2) is 27.4 Å². The summed E-state index contributed by atoms with van der Waals surface area (Å²) in [6.45, 7) is 2.69. The van der Waals surface area contributed by atoms with Gasteiger partial charge in [-0.25, -0.2) is 10.4 Å². The molecule has 0 aliphatic heterocycles. The number of carbonyl (C=O) groups is 1. The second kappa shape index (κ2) is 10.5. The van der Waals surface area contributed by atoms with Crippen molar-refractivity contribution in [2.45, 2.75) is 25.0 Å². The molecule has 1 amide bonds. The Balaban J connectivity index is 1.43. The molecule has 0 aliphatic carbocycles. The molecule has 4 rings (SSSR count). The molecule has 0 saturated heterocycles. The number of aryl methyl sites for hydroxylation is 1. The molecule has 1 heterocycles. The van der Waals surface area contributed by atoms with Gasteiger partial charge in [0.15, 0.2) is 5.16 Å². The summed E-state index contributed by atoms with van der Waals surface area (Å²) in [5.74, 6) is 0.0191. The lowest BCUT2D eigenvalue weighted by molar-refractivity contribution is -0.118. The molecule has 32 heavy (non-hydrogen) atoms. The monoisotopic (exact) mass is 462 g/mol. The van der Waals surface area contributed by atoms with Gasteiger partial charge in [0, 0.05) is 5.02 Å². The zero-order chi connectivity index (χ0) is 22.3. The summed E-state index contributed by atoms with van der Waals surface area (Å²) in [7, 11) is 0. The number of benzene rings is 3. The van der Waals surface area contributed by atoms with Crippen LogP contribution in [0.3, 0.4) is 0 Å². The first-order valence-corrected chi connectivity index (χ1v) is 11.7. The number of imidazole rings is 1. The molecule has 162 valence electrons. The Morgan fingerprint density at radius 2 is 1.84 bits per heavy atom. The fraction of sp³-hybridized carbons (Fsp3) is 0.160. The summed E-state index contributed by atoms with van der Waals surface area (Å²) in [4.78, 5) is 17.1. The topological polar surface area (TPSA) is 59.3 Å². The van der Waals surface area contributed by atoms with E-state index in [0.29, 0.717) is 11.6 Å². The summed E-state index contributed by atoms with van der Waals surface area (Å²) in [5.41, 5.74) is 7.69. The molecule has 0 spiro atoms. The third-order valence-electron chi connectivity index (χ3n) is 5.03. The van der Waals surface area contributed by atoms with Crippen molar-refractivity contribution >= 4 is 46.5 Å². The summed E-state index contributed by atoms with van der Waals surface area (Å²) in [6.07, 6.45) is 2.64. The van der Waals surface area contributed by atoms with Crippen LogP contribution in [0.15, 0.2) is 83.1 Å². The number of hydrogen-bond acceptors (Lipinski definition) is 4. The van der Waals surface area contributed by atoms with Crippen molar-refractivity contribution in [3.05, 3.63) is 94.5 Å². The molecule has 0 saturated carbocycles. The molecule has 0 radical (unpaired) electrons. The molecule has 5 nitrogen and oxygen atoms in total. The maximum absolute atomic E-state index is 12.3. The number of aromatic nitrogens is 2. The Hall–Kier alpha value is -3.09. The Morgan fingerprint density at radius 1 is 1.09 bits per heavy atom. The molecule has 0 bridgehead atoms. The van der Waals surface area contributed by atoms with E-state index in [4.69, 9.17) is 16.6 Å². The number of rotatable bonds is 8. The highest BCUT2D eigenvalue weighted by molar-refractivity contribution is 7.99. The summed E-state index contributed by atoms with van der Waals surface area (Å²) >= 11 is 7.76. The molecule has 4 aromatic rings. The number of fused-ring (bicyclic) bond motifs is 1. The lowest BCUT2D eigenvalue weighted by atomic mass is 10.1. The average Bonchev–Trinajstić information content (AvgIpc) is 3.17. The highest BCUT2D eigenvalue weighted by Gasteiger charge is 2.14. The number of hydrogen-bond donors (Lipinski definition) is 1. The minimum Gasteiger partial charge on any atom is -0.314 e. The van der Waals surface area contributed by atoms with Gasteiger partial charge in [0.1, 0.15) is 0 Å². The van der Waals surface area contributed by atoms with Crippen LogP contribution in [0.1, 0.15) is 23.6 Å². The summed E-state index contributed by atoms with van der Waals surface area (Å²) in [5, 5.41) is 5.54. The standard InChI is InChI=1S/C25H23ClN4OS/c1-2-18-11-13-19(14-12-18)15-27-29-24(31)17-32-25-28-22-9-5-6-10-23(22)30(25)16-20-7-3-4-8-21(20)26/h3-15H,2,16-17H2,1H3,(H,29,31). The fourth-order valence-electron chi connectivity index (χ4n) is 3.29. The van der Waals surface area contributed by atoms with Crippen molar-refractivity contribution in [1.29, 1.82) is 0 Å². The van der Waals surface area contributed by atoms with Gasteiger partial charge in [0.25, 0.3) is 5.91 Å². The van der Waals surface area contributed by atoms with Crippen LogP contribution in [-0.2, 0) is 17.8 Å². The van der Waals surface area contributed by atoms with Crippen molar-refractivity contribution in [3.63, 3.8) is 0 Å². The van der Waals surface area contributed by atoms with Crippen LogP contribution >= 0.6 is 23.4 Å². The van der Waals surface area contributed by atoms with Gasteiger partial charge in [-0.15, -0.1) is 0 Å². The van der Waals surface area contributed by atoms with Gasteiger partial charge < -0.3 is 4.57 Å². The highest BCUT2D eigenvalue weighted by Crippen LogP contribution is 2.27. The summed E-state index contributed by atoms with van der Waals surface area (Å²) < 4.78 is 2.09. The number of carbonyl (C=O) groups excluding carboxylic acids is 1. The first-order chi connectivity index (χ1) is 15.6. The van der Waals surface area contributed by atoms with Gasteiger partial charge in [0.2, 0.25) is 0 Å². The molecule has 0 aliphatic rings.